The van der Waals surface area contributed by atoms with Crippen LogP contribution in [0.25, 0.3) is 0 Å². The van der Waals surface area contributed by atoms with E-state index in [4.69, 9.17) is 47.4 Å². The summed E-state index contributed by atoms with van der Waals surface area (Å²) in [4.78, 5) is 17.1. The van der Waals surface area contributed by atoms with Gasteiger partial charge in [-0.3, -0.25) is 4.79 Å². The predicted octanol–water partition coefficient (Wildman–Crippen LogP) is 7.58. The Morgan fingerprint density at radius 1 is 0.838 bits per heavy atom. The van der Waals surface area contributed by atoms with E-state index in [9.17, 15) is 9.90 Å². The van der Waals surface area contributed by atoms with Crippen molar-refractivity contribution in [2.75, 3.05) is 34.4 Å². The highest BCUT2D eigenvalue weighted by Crippen LogP contribution is 2.42. The Bertz CT molecular complexity index is 1870. The molecule has 18 atom stereocenters. The number of nitrogens with one attached hydrogen (secondary N) is 1. The number of ether oxygens (including phenoxy) is 10. The summed E-state index contributed by atoms with van der Waals surface area (Å²) in [6, 6.07) is 19.8. The Balaban J connectivity index is 1.44. The molecule has 3 saturated heterocycles. The van der Waals surface area contributed by atoms with Gasteiger partial charge in [-0.2, -0.15) is 0 Å². The molecule has 0 aromatic heterocycles. The summed E-state index contributed by atoms with van der Waals surface area (Å²) in [5, 5.41) is 16.0. The second-order valence-electron chi connectivity index (χ2n) is 21.0. The summed E-state index contributed by atoms with van der Waals surface area (Å²) >= 11 is 0. The van der Waals surface area contributed by atoms with Crippen LogP contribution in [0.1, 0.15) is 106 Å². The van der Waals surface area contributed by atoms with Crippen LogP contribution in [0, 0.1) is 17.8 Å². The minimum atomic E-state index is -1.60. The lowest BCUT2D eigenvalue weighted by Gasteiger charge is -2.50. The zero-order valence-corrected chi connectivity index (χ0v) is 43.1. The molecule has 0 spiro atoms. The normalized spacial score (nSPS) is 41.6. The van der Waals surface area contributed by atoms with Gasteiger partial charge in [0.1, 0.15) is 30.0 Å². The Morgan fingerprint density at radius 3 is 2.10 bits per heavy atom. The minimum absolute atomic E-state index is 0.0418. The van der Waals surface area contributed by atoms with Crippen molar-refractivity contribution in [3.05, 3.63) is 84.1 Å². The third kappa shape index (κ3) is 13.1. The molecule has 0 aliphatic carbocycles. The van der Waals surface area contributed by atoms with Crippen LogP contribution in [-0.4, -0.2) is 141 Å². The molecule has 0 radical (unpaired) electrons. The number of carbonyl (C=O) groups excluding carboxylic acids is 1. The molecule has 14 nitrogen and oxygen atoms in total. The third-order valence-electron chi connectivity index (χ3n) is 15.0. The lowest BCUT2D eigenvalue weighted by atomic mass is 9.77. The van der Waals surface area contributed by atoms with Gasteiger partial charge in [-0.05, 0) is 111 Å². The van der Waals surface area contributed by atoms with Crippen molar-refractivity contribution < 1.29 is 57.3 Å². The summed E-state index contributed by atoms with van der Waals surface area (Å²) in [6.45, 7) is 21.2. The molecule has 68 heavy (non-hydrogen) atoms. The molecule has 2 bridgehead atoms. The lowest BCUT2D eigenvalue weighted by Crippen LogP contribution is -2.61. The number of hydrogen-bond donors (Lipinski definition) is 2. The summed E-state index contributed by atoms with van der Waals surface area (Å²) in [5.41, 5.74) is -1.35. The Hall–Kier alpha value is -2.99. The molecular weight excluding hydrogens is 869 g/mol. The zero-order valence-electron chi connectivity index (χ0n) is 43.1. The molecule has 382 valence electrons. The number of rotatable bonds is 13. The van der Waals surface area contributed by atoms with Crippen LogP contribution in [0.2, 0.25) is 0 Å². The first kappa shape index (κ1) is 54.3. The quantitative estimate of drug-likeness (QED) is 0.190. The number of aliphatic hydroxyl groups is 1. The first-order valence-electron chi connectivity index (χ1n) is 25.0. The van der Waals surface area contributed by atoms with E-state index in [1.807, 2.05) is 96.1 Å². The molecule has 5 heterocycles. The zero-order chi connectivity index (χ0) is 49.4. The van der Waals surface area contributed by atoms with Gasteiger partial charge in [0.2, 0.25) is 0 Å². The fourth-order valence-electron chi connectivity index (χ4n) is 11.1. The standard InChI is InChI=1S/C54H84N2O12/c1-14-43-54(10,58)48-38(6)55-31-34(2)29-53(9,63-27-21-26-60-48)47(68-51-46(42(56(11)12)28-35(3)64-51)61-32-40-22-17-15-18-23-40)36(4)45(37(5)50(57)66-43)67-44-30-52(8,59-13)49(39(7)65-44)62-33-41-24-19-16-20-25-41/h15-26,34-39,42-49,51,55,58H,14,27-33H2,1-13H3/b26-21+/t34-,35-,36+,37?,38-,39+,42+,43-,44+,45?,46-,47-,48-,49+,51+,52-,53-,54-/m1/s1. The number of fused-ring (bicyclic) bond motifs is 14. The topological polar surface area (TPSA) is 145 Å². The van der Waals surface area contributed by atoms with E-state index in [0.717, 1.165) is 17.5 Å². The largest absolute Gasteiger partial charge is 0.493 e. The average Bonchev–Trinajstić information content (AvgIpc) is 3.30. The van der Waals surface area contributed by atoms with Crippen molar-refractivity contribution in [1.29, 1.82) is 0 Å². The maximum absolute atomic E-state index is 14.9. The maximum atomic E-state index is 14.9. The summed E-state index contributed by atoms with van der Waals surface area (Å²) in [6.07, 6.45) is -1.24. The highest BCUT2D eigenvalue weighted by Gasteiger charge is 2.54. The van der Waals surface area contributed by atoms with Gasteiger partial charge in [0.15, 0.2) is 12.6 Å². The van der Waals surface area contributed by atoms with E-state index in [0.29, 0.717) is 39.0 Å². The lowest BCUT2D eigenvalue weighted by molar-refractivity contribution is -0.326. The third-order valence-corrected chi connectivity index (χ3v) is 15.0. The Labute approximate surface area is 407 Å². The van der Waals surface area contributed by atoms with Gasteiger partial charge in [0, 0.05) is 31.5 Å². The first-order chi connectivity index (χ1) is 32.3. The number of hydrogen-bond acceptors (Lipinski definition) is 14. The fourth-order valence-corrected chi connectivity index (χ4v) is 11.1. The molecule has 14 heteroatoms. The summed E-state index contributed by atoms with van der Waals surface area (Å²) in [7, 11) is 5.80. The Morgan fingerprint density at radius 2 is 1.49 bits per heavy atom. The number of nitrogens with zero attached hydrogens (tertiary/aromatic N) is 1. The van der Waals surface area contributed by atoms with Gasteiger partial charge in [-0.15, -0.1) is 0 Å². The van der Waals surface area contributed by atoms with E-state index in [1.165, 1.54) is 0 Å². The summed E-state index contributed by atoms with van der Waals surface area (Å²) < 4.78 is 67.9. The molecule has 0 saturated carbocycles. The average molecular weight is 953 g/mol. The molecule has 5 aliphatic rings. The minimum Gasteiger partial charge on any atom is -0.493 e. The molecule has 5 aliphatic heterocycles. The van der Waals surface area contributed by atoms with E-state index >= 15 is 0 Å². The predicted molar refractivity (Wildman–Crippen MR) is 259 cm³/mol. The maximum Gasteiger partial charge on any atom is 0.311 e. The number of benzene rings is 2. The number of carbonyl (C=O) groups is 1. The van der Waals surface area contributed by atoms with E-state index in [2.05, 4.69) is 57.2 Å². The van der Waals surface area contributed by atoms with Crippen molar-refractivity contribution in [3.63, 3.8) is 0 Å². The number of esters is 1. The van der Waals surface area contributed by atoms with Crippen LogP contribution in [0.5, 0.6) is 0 Å². The second-order valence-corrected chi connectivity index (χ2v) is 21.0. The van der Waals surface area contributed by atoms with Gasteiger partial charge in [-0.1, -0.05) is 81.4 Å². The van der Waals surface area contributed by atoms with Crippen molar-refractivity contribution in [2.45, 2.75) is 198 Å². The molecule has 2 aromatic rings. The van der Waals surface area contributed by atoms with Crippen LogP contribution in [0.4, 0.5) is 0 Å². The fraction of sp³-hybridized carbons (Fsp3) is 0.722. The van der Waals surface area contributed by atoms with Crippen molar-refractivity contribution in [2.24, 2.45) is 17.8 Å². The molecule has 2 aromatic carbocycles. The van der Waals surface area contributed by atoms with Gasteiger partial charge in [0.25, 0.3) is 0 Å². The molecule has 7 rings (SSSR count). The van der Waals surface area contributed by atoms with Crippen LogP contribution in [-0.2, 0) is 65.4 Å². The summed E-state index contributed by atoms with van der Waals surface area (Å²) in [5.74, 6) is -1.96. The van der Waals surface area contributed by atoms with Crippen LogP contribution in [0.3, 0.4) is 0 Å². The second kappa shape index (κ2) is 24.0. The smallest absolute Gasteiger partial charge is 0.311 e. The highest BCUT2D eigenvalue weighted by molar-refractivity contribution is 5.73. The molecule has 3 fully saturated rings. The van der Waals surface area contributed by atoms with Crippen molar-refractivity contribution in [1.82, 2.24) is 10.2 Å². The van der Waals surface area contributed by atoms with Crippen LogP contribution >= 0.6 is 0 Å². The van der Waals surface area contributed by atoms with Crippen molar-refractivity contribution in [3.8, 4) is 0 Å². The SMILES string of the molecule is CC[C@H]1OC(=O)C(C)C(O[C@H]2C[C@@](C)(OC)[C@@H](OCc3ccccc3)[C@H](C)O2)[C@H](C)[C@@H](O[C@@H]2O[C@H](C)C[C@H](N(C)C)[C@H]2OCc2ccccc2)[C@@]2(C)C[C@@H](C)CN[C@H](C)[C@@H](O/C=C/CO2)[C@]1(C)O. The first-order valence-corrected chi connectivity index (χ1v) is 25.0. The van der Waals surface area contributed by atoms with Gasteiger partial charge in [0.05, 0.1) is 67.6 Å². The number of methoxy groups -OCH3 is 1. The molecular formula is C54H84N2O12. The van der Waals surface area contributed by atoms with Crippen molar-refractivity contribution >= 4 is 5.97 Å². The van der Waals surface area contributed by atoms with E-state index < -0.39 is 89.9 Å². The van der Waals surface area contributed by atoms with E-state index in [1.54, 1.807) is 20.3 Å². The molecule has 2 N–H and O–H groups in total. The van der Waals surface area contributed by atoms with Gasteiger partial charge >= 0.3 is 5.97 Å². The van der Waals surface area contributed by atoms with E-state index in [-0.39, 0.29) is 30.7 Å². The monoisotopic (exact) mass is 953 g/mol. The Kier molecular flexibility index (Phi) is 19.1. The van der Waals surface area contributed by atoms with Gasteiger partial charge in [-0.25, -0.2) is 0 Å². The highest BCUT2D eigenvalue weighted by atomic mass is 16.7. The van der Waals surface area contributed by atoms with Crippen LogP contribution < -0.4 is 5.32 Å². The molecule has 2 unspecified atom stereocenters. The number of likely N-dealkylation sites (N-methyl/N-ethyl adjacent to an activating group) is 1. The van der Waals surface area contributed by atoms with Crippen LogP contribution in [0.15, 0.2) is 73.0 Å². The molecule has 0 amide bonds. The van der Waals surface area contributed by atoms with Gasteiger partial charge < -0.3 is 62.7 Å².